The zero-order valence-electron chi connectivity index (χ0n) is 16.3. The highest BCUT2D eigenvalue weighted by Gasteiger charge is 2.36. The third kappa shape index (κ3) is 5.29. The summed E-state index contributed by atoms with van der Waals surface area (Å²) in [6.45, 7) is 6.71. The van der Waals surface area contributed by atoms with Crippen molar-refractivity contribution in [1.29, 1.82) is 0 Å². The van der Waals surface area contributed by atoms with Crippen molar-refractivity contribution in [1.82, 2.24) is 10.2 Å². The zero-order chi connectivity index (χ0) is 20.0. The SMILES string of the molecule is COCCOC(=O)C1=C(C)N(CCC(C)C)C(=O)NC1c1cccc(F)c1. The molecule has 1 unspecified atom stereocenters. The molecule has 0 saturated carbocycles. The van der Waals surface area contributed by atoms with Gasteiger partial charge in [-0.25, -0.2) is 14.0 Å². The number of benzene rings is 1. The number of urea groups is 1. The Bertz CT molecular complexity index is 718. The maximum Gasteiger partial charge on any atom is 0.338 e. The van der Waals surface area contributed by atoms with E-state index >= 15 is 0 Å². The van der Waals surface area contributed by atoms with Crippen molar-refractivity contribution in [3.05, 3.63) is 46.9 Å². The maximum atomic E-state index is 13.7. The Hall–Kier alpha value is -2.41. The molecule has 0 aromatic heterocycles. The zero-order valence-corrected chi connectivity index (χ0v) is 16.3. The Kier molecular flexibility index (Phi) is 7.36. The quantitative estimate of drug-likeness (QED) is 0.556. The molecule has 148 valence electrons. The fraction of sp³-hybridized carbons (Fsp3) is 0.500. The van der Waals surface area contributed by atoms with Gasteiger partial charge in [0.2, 0.25) is 0 Å². The summed E-state index contributed by atoms with van der Waals surface area (Å²) >= 11 is 0. The molecule has 27 heavy (non-hydrogen) atoms. The van der Waals surface area contributed by atoms with Gasteiger partial charge in [0.25, 0.3) is 0 Å². The molecular weight excluding hydrogens is 351 g/mol. The van der Waals surface area contributed by atoms with Crippen LogP contribution in [0.3, 0.4) is 0 Å². The molecule has 1 atom stereocenters. The number of esters is 1. The fourth-order valence-electron chi connectivity index (χ4n) is 2.93. The van der Waals surface area contributed by atoms with Gasteiger partial charge < -0.3 is 14.8 Å². The minimum atomic E-state index is -0.765. The number of carbonyl (C=O) groups excluding carboxylic acids is 2. The molecule has 1 N–H and O–H groups in total. The third-order valence-electron chi connectivity index (χ3n) is 4.45. The molecule has 6 nitrogen and oxygen atoms in total. The lowest BCUT2D eigenvalue weighted by molar-refractivity contribution is -0.140. The van der Waals surface area contributed by atoms with Crippen molar-refractivity contribution < 1.29 is 23.5 Å². The fourth-order valence-corrected chi connectivity index (χ4v) is 2.93. The maximum absolute atomic E-state index is 13.7. The van der Waals surface area contributed by atoms with Crippen molar-refractivity contribution in [3.8, 4) is 0 Å². The van der Waals surface area contributed by atoms with Gasteiger partial charge >= 0.3 is 12.0 Å². The van der Waals surface area contributed by atoms with E-state index in [0.717, 1.165) is 6.42 Å². The molecule has 2 rings (SSSR count). The van der Waals surface area contributed by atoms with E-state index in [0.29, 0.717) is 29.3 Å². The lowest BCUT2D eigenvalue weighted by Gasteiger charge is -2.35. The summed E-state index contributed by atoms with van der Waals surface area (Å²) in [5.41, 5.74) is 1.32. The summed E-state index contributed by atoms with van der Waals surface area (Å²) < 4.78 is 23.9. The van der Waals surface area contributed by atoms with Crippen molar-refractivity contribution in [2.45, 2.75) is 33.2 Å². The number of hydrogen-bond donors (Lipinski definition) is 1. The summed E-state index contributed by atoms with van der Waals surface area (Å²) in [6, 6.07) is 4.77. The van der Waals surface area contributed by atoms with Gasteiger partial charge in [-0.1, -0.05) is 26.0 Å². The lowest BCUT2D eigenvalue weighted by Crippen LogP contribution is -2.48. The van der Waals surface area contributed by atoms with Crippen molar-refractivity contribution >= 4 is 12.0 Å². The summed E-state index contributed by atoms with van der Waals surface area (Å²) in [7, 11) is 1.52. The highest BCUT2D eigenvalue weighted by atomic mass is 19.1. The second kappa shape index (κ2) is 9.50. The number of methoxy groups -OCH3 is 1. The molecule has 0 radical (unpaired) electrons. The van der Waals surface area contributed by atoms with Crippen LogP contribution in [0.5, 0.6) is 0 Å². The Labute approximate surface area is 159 Å². The number of hydrogen-bond acceptors (Lipinski definition) is 4. The Morgan fingerprint density at radius 1 is 1.33 bits per heavy atom. The minimum absolute atomic E-state index is 0.0991. The summed E-state index contributed by atoms with van der Waals surface area (Å²) in [5.74, 6) is -0.578. The Balaban J connectivity index is 2.39. The van der Waals surface area contributed by atoms with Crippen LogP contribution < -0.4 is 5.32 Å². The Morgan fingerprint density at radius 3 is 2.70 bits per heavy atom. The lowest BCUT2D eigenvalue weighted by atomic mass is 9.94. The summed E-state index contributed by atoms with van der Waals surface area (Å²) in [6.07, 6.45) is 0.793. The summed E-state index contributed by atoms with van der Waals surface area (Å²) in [4.78, 5) is 26.9. The molecule has 0 saturated heterocycles. The molecule has 2 amide bonds. The number of nitrogens with zero attached hydrogens (tertiary/aromatic N) is 1. The van der Waals surface area contributed by atoms with E-state index in [4.69, 9.17) is 9.47 Å². The van der Waals surface area contributed by atoms with Crippen molar-refractivity contribution in [2.24, 2.45) is 5.92 Å². The number of amides is 2. The highest BCUT2D eigenvalue weighted by Crippen LogP contribution is 2.32. The van der Waals surface area contributed by atoms with E-state index in [2.05, 4.69) is 19.2 Å². The molecule has 0 fully saturated rings. The van der Waals surface area contributed by atoms with Crippen LogP contribution in [0.2, 0.25) is 0 Å². The van der Waals surface area contributed by atoms with E-state index in [1.807, 2.05) is 0 Å². The second-order valence-corrected chi connectivity index (χ2v) is 6.90. The van der Waals surface area contributed by atoms with Crippen LogP contribution in [0, 0.1) is 11.7 Å². The molecule has 1 heterocycles. The van der Waals surface area contributed by atoms with Crippen LogP contribution in [0.4, 0.5) is 9.18 Å². The summed E-state index contributed by atoms with van der Waals surface area (Å²) in [5, 5.41) is 2.82. The van der Waals surface area contributed by atoms with E-state index in [-0.39, 0.29) is 19.2 Å². The van der Waals surface area contributed by atoms with Gasteiger partial charge in [-0.3, -0.25) is 4.90 Å². The van der Waals surface area contributed by atoms with Gasteiger partial charge in [-0.2, -0.15) is 0 Å². The first kappa shape index (κ1) is 20.9. The minimum Gasteiger partial charge on any atom is -0.460 e. The van der Waals surface area contributed by atoms with Gasteiger partial charge in [0.1, 0.15) is 12.4 Å². The van der Waals surface area contributed by atoms with E-state index in [9.17, 15) is 14.0 Å². The van der Waals surface area contributed by atoms with Crippen LogP contribution in [-0.4, -0.2) is 43.8 Å². The molecule has 1 aromatic rings. The Morgan fingerprint density at radius 2 is 2.07 bits per heavy atom. The van der Waals surface area contributed by atoms with Gasteiger partial charge in [0.15, 0.2) is 0 Å². The van der Waals surface area contributed by atoms with Crippen LogP contribution in [0.1, 0.15) is 38.8 Å². The molecule has 1 aromatic carbocycles. The van der Waals surface area contributed by atoms with Gasteiger partial charge in [-0.15, -0.1) is 0 Å². The van der Waals surface area contributed by atoms with E-state index in [1.165, 1.54) is 19.2 Å². The standard InChI is InChI=1S/C20H27FN2O4/c1-13(2)8-9-23-14(3)17(19(24)27-11-10-26-4)18(22-20(23)25)15-6-5-7-16(21)12-15/h5-7,12-13,18H,8-11H2,1-4H3,(H,22,25). The predicted octanol–water partition coefficient (Wildman–Crippen LogP) is 3.40. The molecular formula is C20H27FN2O4. The van der Waals surface area contributed by atoms with Crippen LogP contribution in [0.15, 0.2) is 35.5 Å². The normalized spacial score (nSPS) is 17.3. The predicted molar refractivity (Wildman–Crippen MR) is 99.4 cm³/mol. The van der Waals surface area contributed by atoms with Crippen molar-refractivity contribution in [2.75, 3.05) is 26.9 Å². The first-order valence-corrected chi connectivity index (χ1v) is 9.05. The van der Waals surface area contributed by atoms with Crippen LogP contribution in [0.25, 0.3) is 0 Å². The molecule has 0 spiro atoms. The largest absolute Gasteiger partial charge is 0.460 e. The molecule has 1 aliphatic rings. The monoisotopic (exact) mass is 378 g/mol. The first-order valence-electron chi connectivity index (χ1n) is 9.05. The molecule has 7 heteroatoms. The van der Waals surface area contributed by atoms with Crippen LogP contribution in [-0.2, 0) is 14.3 Å². The number of rotatable bonds is 8. The van der Waals surface area contributed by atoms with Crippen molar-refractivity contribution in [3.63, 3.8) is 0 Å². The average molecular weight is 378 g/mol. The van der Waals surface area contributed by atoms with Gasteiger partial charge in [0.05, 0.1) is 18.2 Å². The molecule has 1 aliphatic heterocycles. The number of allylic oxidation sites excluding steroid dienone is 1. The molecule has 0 aliphatic carbocycles. The number of carbonyl (C=O) groups is 2. The average Bonchev–Trinajstić information content (AvgIpc) is 2.60. The molecule has 0 bridgehead atoms. The first-order chi connectivity index (χ1) is 12.8. The van der Waals surface area contributed by atoms with E-state index < -0.39 is 17.8 Å². The van der Waals surface area contributed by atoms with Gasteiger partial charge in [0, 0.05) is 19.4 Å². The smallest absolute Gasteiger partial charge is 0.338 e. The number of nitrogens with one attached hydrogen (secondary N) is 1. The topological polar surface area (TPSA) is 67.9 Å². The number of halogens is 1. The third-order valence-corrected chi connectivity index (χ3v) is 4.45. The number of ether oxygens (including phenoxy) is 2. The highest BCUT2D eigenvalue weighted by molar-refractivity contribution is 5.95. The second-order valence-electron chi connectivity index (χ2n) is 6.90. The van der Waals surface area contributed by atoms with E-state index in [1.54, 1.807) is 24.0 Å². The van der Waals surface area contributed by atoms with Crippen LogP contribution >= 0.6 is 0 Å². The van der Waals surface area contributed by atoms with Gasteiger partial charge in [-0.05, 0) is 37.0 Å².